The van der Waals surface area contributed by atoms with Gasteiger partial charge in [-0.15, -0.1) is 0 Å². The summed E-state index contributed by atoms with van der Waals surface area (Å²) in [4.78, 5) is 30.5. The van der Waals surface area contributed by atoms with Crippen molar-refractivity contribution in [1.29, 1.82) is 0 Å². The van der Waals surface area contributed by atoms with Crippen LogP contribution in [0.1, 0.15) is 27.7 Å². The number of amides is 1. The third kappa shape index (κ3) is 3.31. The molecule has 0 spiro atoms. The molecule has 1 aliphatic rings. The number of carbonyl (C=O) groups is 1. The Hall–Kier alpha value is -3.32. The van der Waals surface area contributed by atoms with E-state index in [9.17, 15) is 9.59 Å². The molecule has 7 heteroatoms. The Balaban J connectivity index is 1.93. The number of hydrogen-bond acceptors (Lipinski definition) is 6. The average Bonchev–Trinajstić information content (AvgIpc) is 3.04. The monoisotopic (exact) mass is 408 g/mol. The molecule has 1 aromatic heterocycles. The first kappa shape index (κ1) is 20.0. The van der Waals surface area contributed by atoms with Gasteiger partial charge in [-0.05, 0) is 43.9 Å². The maximum Gasteiger partial charge on any atom is 0.290 e. The van der Waals surface area contributed by atoms with Crippen molar-refractivity contribution in [3.8, 4) is 11.5 Å². The molecule has 0 saturated carbocycles. The number of carbonyl (C=O) groups excluding carboxylic acids is 1. The van der Waals surface area contributed by atoms with Gasteiger partial charge in [-0.25, -0.2) is 0 Å². The summed E-state index contributed by atoms with van der Waals surface area (Å²) < 4.78 is 16.6. The molecule has 2 heterocycles. The lowest BCUT2D eigenvalue weighted by Gasteiger charge is -2.26. The maximum absolute atomic E-state index is 13.5. The van der Waals surface area contributed by atoms with Crippen molar-refractivity contribution in [3.05, 3.63) is 69.6 Å². The Labute approximate surface area is 174 Å². The van der Waals surface area contributed by atoms with E-state index < -0.39 is 6.04 Å². The van der Waals surface area contributed by atoms with Gasteiger partial charge in [0.2, 0.25) is 5.76 Å². The number of rotatable bonds is 6. The number of nitrogens with zero attached hydrogens (tertiary/aromatic N) is 2. The van der Waals surface area contributed by atoms with Crippen molar-refractivity contribution in [3.63, 3.8) is 0 Å². The number of methoxy groups -OCH3 is 2. The minimum Gasteiger partial charge on any atom is -0.497 e. The second kappa shape index (κ2) is 7.84. The Kier molecular flexibility index (Phi) is 5.22. The average molecular weight is 408 g/mol. The highest BCUT2D eigenvalue weighted by Crippen LogP contribution is 2.39. The third-order valence-corrected chi connectivity index (χ3v) is 5.37. The van der Waals surface area contributed by atoms with E-state index in [1.807, 2.05) is 43.3 Å². The van der Waals surface area contributed by atoms with Crippen molar-refractivity contribution in [2.45, 2.75) is 6.04 Å². The van der Waals surface area contributed by atoms with Gasteiger partial charge in [0.1, 0.15) is 17.1 Å². The van der Waals surface area contributed by atoms with Crippen LogP contribution in [0.15, 0.2) is 51.7 Å². The second-order valence-corrected chi connectivity index (χ2v) is 7.52. The minimum atomic E-state index is -0.537. The first-order valence-electron chi connectivity index (χ1n) is 9.69. The van der Waals surface area contributed by atoms with Crippen molar-refractivity contribution < 1.29 is 18.7 Å². The molecule has 0 unspecified atom stereocenters. The smallest absolute Gasteiger partial charge is 0.290 e. The highest BCUT2D eigenvalue weighted by atomic mass is 16.5. The lowest BCUT2D eigenvalue weighted by atomic mass is 9.98. The first-order valence-corrected chi connectivity index (χ1v) is 9.69. The summed E-state index contributed by atoms with van der Waals surface area (Å²) in [6, 6.07) is 11.9. The van der Waals surface area contributed by atoms with Gasteiger partial charge in [-0.3, -0.25) is 9.59 Å². The Morgan fingerprint density at radius 1 is 1.03 bits per heavy atom. The Bertz CT molecular complexity index is 1170. The quantitative estimate of drug-likeness (QED) is 0.625. The number of fused-ring (bicyclic) bond motifs is 2. The second-order valence-electron chi connectivity index (χ2n) is 7.52. The van der Waals surface area contributed by atoms with Crippen LogP contribution in [-0.2, 0) is 0 Å². The van der Waals surface area contributed by atoms with Crippen molar-refractivity contribution in [2.24, 2.45) is 0 Å². The van der Waals surface area contributed by atoms with Gasteiger partial charge in [0.15, 0.2) is 5.43 Å². The van der Waals surface area contributed by atoms with E-state index in [1.165, 1.54) is 0 Å². The fraction of sp³-hybridized carbons (Fsp3) is 0.304. The predicted octanol–water partition coefficient (Wildman–Crippen LogP) is 2.92. The van der Waals surface area contributed by atoms with Crippen molar-refractivity contribution in [2.75, 3.05) is 41.4 Å². The van der Waals surface area contributed by atoms with Crippen LogP contribution < -0.4 is 14.9 Å². The highest BCUT2D eigenvalue weighted by Gasteiger charge is 2.42. The summed E-state index contributed by atoms with van der Waals surface area (Å²) in [6.07, 6.45) is 0. The summed E-state index contributed by atoms with van der Waals surface area (Å²) in [7, 11) is 7.02. The van der Waals surface area contributed by atoms with Crippen molar-refractivity contribution in [1.82, 2.24) is 9.80 Å². The zero-order valence-electron chi connectivity index (χ0n) is 17.5. The molecule has 1 aliphatic heterocycles. The van der Waals surface area contributed by atoms with Gasteiger partial charge in [-0.2, -0.15) is 0 Å². The molecule has 30 heavy (non-hydrogen) atoms. The lowest BCUT2D eigenvalue weighted by Crippen LogP contribution is -2.35. The number of likely N-dealkylation sites (N-methyl/N-ethyl adjacent to an activating group) is 1. The van der Waals surface area contributed by atoms with E-state index >= 15 is 0 Å². The normalized spacial score (nSPS) is 15.7. The summed E-state index contributed by atoms with van der Waals surface area (Å²) in [6.45, 7) is 1.11. The van der Waals surface area contributed by atoms with E-state index in [4.69, 9.17) is 13.9 Å². The van der Waals surface area contributed by atoms with Crippen LogP contribution in [0.25, 0.3) is 11.0 Å². The number of ether oxygens (including phenoxy) is 2. The SMILES string of the molecule is COc1cccc([C@H]2c3c(oc4cc(OC)ccc4c3=O)C(=O)N2CCN(C)C)c1. The molecular formula is C23H24N2O5. The van der Waals surface area contributed by atoms with Gasteiger partial charge in [0, 0.05) is 19.2 Å². The van der Waals surface area contributed by atoms with Crippen molar-refractivity contribution >= 4 is 16.9 Å². The van der Waals surface area contributed by atoms with Crippen LogP contribution in [0.2, 0.25) is 0 Å². The van der Waals surface area contributed by atoms with Gasteiger partial charge in [0.25, 0.3) is 5.91 Å². The molecule has 0 aliphatic carbocycles. The van der Waals surface area contributed by atoms with E-state index in [1.54, 1.807) is 37.3 Å². The van der Waals surface area contributed by atoms with E-state index in [2.05, 4.69) is 0 Å². The summed E-state index contributed by atoms with van der Waals surface area (Å²) in [5.41, 5.74) is 1.30. The molecule has 0 saturated heterocycles. The molecule has 4 rings (SSSR count). The third-order valence-electron chi connectivity index (χ3n) is 5.37. The molecular weight excluding hydrogens is 384 g/mol. The number of hydrogen-bond donors (Lipinski definition) is 0. The van der Waals surface area contributed by atoms with Crippen LogP contribution in [0.3, 0.4) is 0 Å². The van der Waals surface area contributed by atoms with E-state index in [-0.39, 0.29) is 17.1 Å². The van der Waals surface area contributed by atoms with Gasteiger partial charge in [-0.1, -0.05) is 12.1 Å². The molecule has 3 aromatic rings. The first-order chi connectivity index (χ1) is 14.4. The maximum atomic E-state index is 13.5. The summed E-state index contributed by atoms with van der Waals surface area (Å²) in [5.74, 6) is 1.02. The molecule has 0 fully saturated rings. The summed E-state index contributed by atoms with van der Waals surface area (Å²) >= 11 is 0. The number of benzene rings is 2. The van der Waals surface area contributed by atoms with Crippen LogP contribution in [0.4, 0.5) is 0 Å². The molecule has 7 nitrogen and oxygen atoms in total. The predicted molar refractivity (Wildman–Crippen MR) is 113 cm³/mol. The highest BCUT2D eigenvalue weighted by molar-refractivity contribution is 5.99. The fourth-order valence-electron chi connectivity index (χ4n) is 3.82. The zero-order valence-corrected chi connectivity index (χ0v) is 17.5. The fourth-order valence-corrected chi connectivity index (χ4v) is 3.82. The van der Waals surface area contributed by atoms with Gasteiger partial charge in [0.05, 0.1) is 31.2 Å². The van der Waals surface area contributed by atoms with Crippen LogP contribution >= 0.6 is 0 Å². The molecule has 156 valence electrons. The van der Waals surface area contributed by atoms with Crippen LogP contribution in [-0.4, -0.2) is 57.1 Å². The Morgan fingerprint density at radius 2 is 1.77 bits per heavy atom. The molecule has 1 amide bonds. The van der Waals surface area contributed by atoms with Gasteiger partial charge >= 0.3 is 0 Å². The minimum absolute atomic E-state index is 0.0901. The topological polar surface area (TPSA) is 72.2 Å². The van der Waals surface area contributed by atoms with Gasteiger partial charge < -0.3 is 23.7 Å². The van der Waals surface area contributed by atoms with Crippen LogP contribution in [0.5, 0.6) is 11.5 Å². The summed E-state index contributed by atoms with van der Waals surface area (Å²) in [5, 5.41) is 0.421. The largest absolute Gasteiger partial charge is 0.497 e. The van der Waals surface area contributed by atoms with Crippen LogP contribution in [0, 0.1) is 0 Å². The molecule has 1 atom stereocenters. The Morgan fingerprint density at radius 3 is 2.47 bits per heavy atom. The molecule has 0 N–H and O–H groups in total. The molecule has 0 bridgehead atoms. The zero-order chi connectivity index (χ0) is 21.4. The molecule has 2 aromatic carbocycles. The molecule has 0 radical (unpaired) electrons. The standard InChI is InChI=1S/C23H24N2O5/c1-24(2)10-11-25-20(14-6-5-7-15(12-14)28-3)19-21(26)17-9-8-16(29-4)13-18(17)30-22(19)23(25)27/h5-9,12-13,20H,10-11H2,1-4H3/t20-/m0/s1. The lowest BCUT2D eigenvalue weighted by molar-refractivity contribution is 0.0716. The van der Waals surface area contributed by atoms with E-state index in [0.717, 1.165) is 5.56 Å². The van der Waals surface area contributed by atoms with E-state index in [0.29, 0.717) is 41.1 Å².